The molecule has 0 saturated heterocycles. The molecule has 1 rings (SSSR count). The van der Waals surface area contributed by atoms with Gasteiger partial charge in [0.1, 0.15) is 5.60 Å². The molecule has 0 amide bonds. The Kier molecular flexibility index (Phi) is 4.05. The molecule has 1 atom stereocenters. The van der Waals surface area contributed by atoms with Crippen molar-refractivity contribution in [2.24, 2.45) is 5.41 Å². The SMILES string of the molecule is CC(O)(CC(C)(C)C(F)(F)F)c1ccn(C(C)(C)C)n1. The molecule has 1 heterocycles. The Bertz CT molecular complexity index is 467. The van der Waals surface area contributed by atoms with Crippen LogP contribution in [0, 0.1) is 5.41 Å². The van der Waals surface area contributed by atoms with Crippen molar-refractivity contribution in [3.63, 3.8) is 0 Å². The number of hydrogen-bond donors (Lipinski definition) is 1. The van der Waals surface area contributed by atoms with Crippen LogP contribution in [0.3, 0.4) is 0 Å². The maximum Gasteiger partial charge on any atom is 0.394 e. The Morgan fingerprint density at radius 2 is 1.60 bits per heavy atom. The quantitative estimate of drug-likeness (QED) is 0.919. The summed E-state index contributed by atoms with van der Waals surface area (Å²) in [7, 11) is 0. The van der Waals surface area contributed by atoms with Crippen LogP contribution in [0.2, 0.25) is 0 Å². The van der Waals surface area contributed by atoms with Crippen molar-refractivity contribution >= 4 is 0 Å². The summed E-state index contributed by atoms with van der Waals surface area (Å²) in [5.41, 5.74) is -3.64. The molecule has 0 aromatic carbocycles. The summed E-state index contributed by atoms with van der Waals surface area (Å²) in [5.74, 6) is 0. The van der Waals surface area contributed by atoms with Crippen molar-refractivity contribution in [1.29, 1.82) is 0 Å². The molecule has 0 fully saturated rings. The largest absolute Gasteiger partial charge is 0.394 e. The highest BCUT2D eigenvalue weighted by molar-refractivity contribution is 5.11. The first-order chi connectivity index (χ1) is 8.67. The number of aromatic nitrogens is 2. The summed E-state index contributed by atoms with van der Waals surface area (Å²) in [6, 6.07) is 1.57. The van der Waals surface area contributed by atoms with Crippen LogP contribution in [-0.4, -0.2) is 21.1 Å². The number of halogens is 3. The van der Waals surface area contributed by atoms with Gasteiger partial charge in [-0.1, -0.05) is 13.8 Å². The molecule has 0 spiro atoms. The summed E-state index contributed by atoms with van der Waals surface area (Å²) in [6.45, 7) is 9.33. The standard InChI is InChI=1S/C14H23F3N2O/c1-11(2,3)19-8-7-10(18-19)13(6,20)9-12(4,5)14(15,16)17/h7-8,20H,9H2,1-6H3. The molecule has 0 radical (unpaired) electrons. The van der Waals surface area contributed by atoms with Crippen molar-refractivity contribution in [2.45, 2.75) is 65.3 Å². The van der Waals surface area contributed by atoms with Crippen molar-refractivity contribution < 1.29 is 18.3 Å². The number of aliphatic hydroxyl groups is 1. The Morgan fingerprint density at radius 3 is 1.95 bits per heavy atom. The number of alkyl halides is 3. The van der Waals surface area contributed by atoms with Gasteiger partial charge in [-0.05, 0) is 40.2 Å². The van der Waals surface area contributed by atoms with E-state index in [1.807, 2.05) is 20.8 Å². The van der Waals surface area contributed by atoms with Crippen molar-refractivity contribution in [3.8, 4) is 0 Å². The van der Waals surface area contributed by atoms with E-state index in [1.54, 1.807) is 16.9 Å². The zero-order valence-corrected chi connectivity index (χ0v) is 12.8. The Labute approximate surface area is 117 Å². The molecule has 0 bridgehead atoms. The number of hydrogen-bond acceptors (Lipinski definition) is 2. The van der Waals surface area contributed by atoms with Crippen molar-refractivity contribution in [3.05, 3.63) is 18.0 Å². The highest BCUT2D eigenvalue weighted by Crippen LogP contribution is 2.45. The third-order valence-corrected chi connectivity index (χ3v) is 3.38. The molecule has 0 aliphatic heterocycles. The summed E-state index contributed by atoms with van der Waals surface area (Å²) in [4.78, 5) is 0. The van der Waals surface area contributed by atoms with E-state index >= 15 is 0 Å². The second-order valence-corrected chi connectivity index (χ2v) is 7.15. The molecular weight excluding hydrogens is 269 g/mol. The van der Waals surface area contributed by atoms with Gasteiger partial charge in [-0.2, -0.15) is 18.3 Å². The van der Waals surface area contributed by atoms with E-state index in [-0.39, 0.29) is 11.2 Å². The Balaban J connectivity index is 3.03. The van der Waals surface area contributed by atoms with Gasteiger partial charge in [-0.25, -0.2) is 0 Å². The highest BCUT2D eigenvalue weighted by atomic mass is 19.4. The van der Waals surface area contributed by atoms with Gasteiger partial charge in [-0.3, -0.25) is 4.68 Å². The van der Waals surface area contributed by atoms with E-state index in [0.717, 1.165) is 13.8 Å². The fourth-order valence-corrected chi connectivity index (χ4v) is 2.04. The molecule has 1 unspecified atom stereocenters. The second kappa shape index (κ2) is 4.76. The average molecular weight is 292 g/mol. The topological polar surface area (TPSA) is 38.0 Å². The lowest BCUT2D eigenvalue weighted by Crippen LogP contribution is -2.39. The molecule has 1 N–H and O–H groups in total. The van der Waals surface area contributed by atoms with Gasteiger partial charge in [-0.15, -0.1) is 0 Å². The zero-order chi connectivity index (χ0) is 16.0. The van der Waals surface area contributed by atoms with Crippen LogP contribution in [0.4, 0.5) is 13.2 Å². The van der Waals surface area contributed by atoms with E-state index in [9.17, 15) is 18.3 Å². The summed E-state index contributed by atoms with van der Waals surface area (Å²) < 4.78 is 40.4. The van der Waals surface area contributed by atoms with Crippen LogP contribution in [0.25, 0.3) is 0 Å². The van der Waals surface area contributed by atoms with E-state index in [1.165, 1.54) is 6.92 Å². The minimum Gasteiger partial charge on any atom is -0.384 e. The smallest absolute Gasteiger partial charge is 0.384 e. The van der Waals surface area contributed by atoms with Crippen LogP contribution in [0.15, 0.2) is 12.3 Å². The third kappa shape index (κ3) is 3.53. The summed E-state index contributed by atoms with van der Waals surface area (Å²) >= 11 is 0. The normalized spacial score (nSPS) is 17.1. The second-order valence-electron chi connectivity index (χ2n) is 7.15. The predicted molar refractivity (Wildman–Crippen MR) is 71.2 cm³/mol. The van der Waals surface area contributed by atoms with Gasteiger partial charge in [0, 0.05) is 6.20 Å². The molecular formula is C14H23F3N2O. The highest BCUT2D eigenvalue weighted by Gasteiger charge is 2.51. The zero-order valence-electron chi connectivity index (χ0n) is 12.8. The Morgan fingerprint density at radius 1 is 1.10 bits per heavy atom. The minimum absolute atomic E-state index is 0.254. The molecule has 0 aliphatic carbocycles. The molecule has 0 saturated carbocycles. The van der Waals surface area contributed by atoms with Crippen molar-refractivity contribution in [2.75, 3.05) is 0 Å². The van der Waals surface area contributed by atoms with Gasteiger partial charge < -0.3 is 5.11 Å². The van der Waals surface area contributed by atoms with Gasteiger partial charge in [0.15, 0.2) is 0 Å². The average Bonchev–Trinajstić information content (AvgIpc) is 2.61. The monoisotopic (exact) mass is 292 g/mol. The third-order valence-electron chi connectivity index (χ3n) is 3.38. The summed E-state index contributed by atoms with van der Waals surface area (Å²) in [6.07, 6.45) is -3.14. The van der Waals surface area contributed by atoms with Gasteiger partial charge in [0.25, 0.3) is 0 Å². The lowest BCUT2D eigenvalue weighted by molar-refractivity contribution is -0.227. The van der Waals surface area contributed by atoms with Crippen molar-refractivity contribution in [1.82, 2.24) is 9.78 Å². The van der Waals surface area contributed by atoms with Gasteiger partial charge >= 0.3 is 6.18 Å². The molecule has 3 nitrogen and oxygen atoms in total. The molecule has 0 aliphatic rings. The Hall–Kier alpha value is -1.04. The van der Waals surface area contributed by atoms with Crippen LogP contribution < -0.4 is 0 Å². The lowest BCUT2D eigenvalue weighted by atomic mass is 9.79. The van der Waals surface area contributed by atoms with E-state index in [4.69, 9.17) is 0 Å². The van der Waals surface area contributed by atoms with Gasteiger partial charge in [0.2, 0.25) is 0 Å². The molecule has 20 heavy (non-hydrogen) atoms. The van der Waals surface area contributed by atoms with Crippen LogP contribution in [0.5, 0.6) is 0 Å². The lowest BCUT2D eigenvalue weighted by Gasteiger charge is -2.34. The van der Waals surface area contributed by atoms with Crippen LogP contribution in [-0.2, 0) is 11.1 Å². The fraction of sp³-hybridized carbons (Fsp3) is 0.786. The maximum absolute atomic E-state index is 12.9. The fourth-order valence-electron chi connectivity index (χ4n) is 2.04. The number of nitrogens with zero attached hydrogens (tertiary/aromatic N) is 2. The van der Waals surface area contributed by atoms with Gasteiger partial charge in [0.05, 0.1) is 16.6 Å². The predicted octanol–water partition coefficient (Wildman–Crippen LogP) is 3.82. The van der Waals surface area contributed by atoms with Crippen LogP contribution in [0.1, 0.15) is 53.7 Å². The first kappa shape index (κ1) is 17.0. The molecule has 1 aromatic rings. The van der Waals surface area contributed by atoms with E-state index in [2.05, 4.69) is 5.10 Å². The van der Waals surface area contributed by atoms with Crippen LogP contribution >= 0.6 is 0 Å². The summed E-state index contributed by atoms with van der Waals surface area (Å²) in [5, 5.41) is 14.6. The molecule has 1 aromatic heterocycles. The first-order valence-electron chi connectivity index (χ1n) is 6.53. The first-order valence-corrected chi connectivity index (χ1v) is 6.53. The maximum atomic E-state index is 12.9. The molecule has 6 heteroatoms. The molecule has 116 valence electrons. The number of rotatable bonds is 3. The minimum atomic E-state index is -4.37. The van der Waals surface area contributed by atoms with E-state index < -0.39 is 23.6 Å². The van der Waals surface area contributed by atoms with E-state index in [0.29, 0.717) is 0 Å².